The van der Waals surface area contributed by atoms with Gasteiger partial charge in [-0.3, -0.25) is 0 Å². The molecule has 0 saturated heterocycles. The summed E-state index contributed by atoms with van der Waals surface area (Å²) in [6.07, 6.45) is 0. The van der Waals surface area contributed by atoms with Crippen LogP contribution in [0.4, 0.5) is 10.1 Å². The fourth-order valence-electron chi connectivity index (χ4n) is 2.44. The van der Waals surface area contributed by atoms with Crippen molar-refractivity contribution in [2.24, 2.45) is 0 Å². The number of hydrogen-bond donors (Lipinski definition) is 1. The molecule has 20 heavy (non-hydrogen) atoms. The van der Waals surface area contributed by atoms with Crippen LogP contribution in [0, 0.1) is 12.7 Å². The molecule has 0 saturated carbocycles. The number of aryl methyl sites for hydroxylation is 1. The van der Waals surface area contributed by atoms with Crippen LogP contribution in [0.15, 0.2) is 42.5 Å². The molecule has 2 nitrogen and oxygen atoms in total. The third kappa shape index (κ3) is 3.17. The highest BCUT2D eigenvalue weighted by atomic mass is 19.1. The quantitative estimate of drug-likeness (QED) is 0.916. The molecule has 1 unspecified atom stereocenters. The van der Waals surface area contributed by atoms with Crippen molar-refractivity contribution in [1.82, 2.24) is 5.32 Å². The molecule has 106 valence electrons. The lowest BCUT2D eigenvalue weighted by Crippen LogP contribution is -2.18. The lowest BCUT2D eigenvalue weighted by Gasteiger charge is -2.20. The maximum atomic E-state index is 13.6. The molecule has 0 fully saturated rings. The van der Waals surface area contributed by atoms with Crippen molar-refractivity contribution < 1.29 is 4.39 Å². The van der Waals surface area contributed by atoms with Gasteiger partial charge in [0, 0.05) is 19.8 Å². The second kappa shape index (κ2) is 6.06. The zero-order chi connectivity index (χ0) is 14.7. The van der Waals surface area contributed by atoms with Crippen molar-refractivity contribution in [2.75, 3.05) is 26.0 Å². The largest absolute Gasteiger partial charge is 0.378 e. The van der Waals surface area contributed by atoms with E-state index in [-0.39, 0.29) is 11.9 Å². The van der Waals surface area contributed by atoms with Gasteiger partial charge in [-0.25, -0.2) is 4.39 Å². The van der Waals surface area contributed by atoms with Gasteiger partial charge in [-0.15, -0.1) is 0 Å². The number of nitrogens with one attached hydrogen (secondary N) is 1. The summed E-state index contributed by atoms with van der Waals surface area (Å²) < 4.78 is 13.6. The normalized spacial score (nSPS) is 12.2. The van der Waals surface area contributed by atoms with E-state index in [1.54, 1.807) is 12.1 Å². The van der Waals surface area contributed by atoms with Crippen LogP contribution in [0.25, 0.3) is 0 Å². The minimum absolute atomic E-state index is 0.00991. The average molecular weight is 272 g/mol. The minimum Gasteiger partial charge on any atom is -0.378 e. The van der Waals surface area contributed by atoms with Gasteiger partial charge in [0.1, 0.15) is 5.82 Å². The Morgan fingerprint density at radius 3 is 2.40 bits per heavy atom. The molecule has 1 N–H and O–H groups in total. The lowest BCUT2D eigenvalue weighted by molar-refractivity contribution is 0.615. The third-order valence-corrected chi connectivity index (χ3v) is 3.41. The number of benzene rings is 2. The Morgan fingerprint density at radius 2 is 1.80 bits per heavy atom. The molecule has 2 rings (SSSR count). The van der Waals surface area contributed by atoms with E-state index in [1.807, 2.05) is 40.2 Å². The molecule has 0 aromatic heterocycles. The predicted octanol–water partition coefficient (Wildman–Crippen LogP) is 3.51. The zero-order valence-corrected chi connectivity index (χ0v) is 12.4. The molecule has 0 aliphatic heterocycles. The highest BCUT2D eigenvalue weighted by molar-refractivity contribution is 5.49. The van der Waals surface area contributed by atoms with Gasteiger partial charge < -0.3 is 10.2 Å². The summed E-state index contributed by atoms with van der Waals surface area (Å²) in [5.41, 5.74) is 4.14. The number of halogens is 1. The second-order valence-corrected chi connectivity index (χ2v) is 5.27. The highest BCUT2D eigenvalue weighted by Gasteiger charge is 2.14. The van der Waals surface area contributed by atoms with Crippen LogP contribution in [0.5, 0.6) is 0 Å². The van der Waals surface area contributed by atoms with Gasteiger partial charge in [-0.1, -0.05) is 18.2 Å². The van der Waals surface area contributed by atoms with Gasteiger partial charge in [-0.2, -0.15) is 0 Å². The van der Waals surface area contributed by atoms with Crippen LogP contribution in [0.2, 0.25) is 0 Å². The smallest absolute Gasteiger partial charge is 0.123 e. The van der Waals surface area contributed by atoms with Gasteiger partial charge in [0.15, 0.2) is 0 Å². The average Bonchev–Trinajstić information content (AvgIpc) is 2.39. The molecule has 0 radical (unpaired) electrons. The van der Waals surface area contributed by atoms with E-state index in [0.717, 1.165) is 22.4 Å². The maximum Gasteiger partial charge on any atom is 0.123 e. The molecule has 0 heterocycles. The molecule has 2 aromatic carbocycles. The second-order valence-electron chi connectivity index (χ2n) is 5.27. The van der Waals surface area contributed by atoms with E-state index in [2.05, 4.69) is 28.4 Å². The summed E-state index contributed by atoms with van der Waals surface area (Å²) in [5.74, 6) is -0.191. The fourth-order valence-corrected chi connectivity index (χ4v) is 2.44. The Morgan fingerprint density at radius 1 is 1.05 bits per heavy atom. The predicted molar refractivity (Wildman–Crippen MR) is 82.8 cm³/mol. The van der Waals surface area contributed by atoms with Crippen molar-refractivity contribution in [2.45, 2.75) is 13.0 Å². The number of hydrogen-bond acceptors (Lipinski definition) is 2. The lowest BCUT2D eigenvalue weighted by atomic mass is 9.97. The van der Waals surface area contributed by atoms with Crippen molar-refractivity contribution in [3.05, 3.63) is 65.0 Å². The van der Waals surface area contributed by atoms with Crippen LogP contribution in [0.3, 0.4) is 0 Å². The molecular weight excluding hydrogens is 251 g/mol. The summed E-state index contributed by atoms with van der Waals surface area (Å²) >= 11 is 0. The molecule has 3 heteroatoms. The van der Waals surface area contributed by atoms with Gasteiger partial charge in [0.2, 0.25) is 0 Å². The summed E-state index contributed by atoms with van der Waals surface area (Å²) in [6, 6.07) is 13.4. The van der Waals surface area contributed by atoms with Gasteiger partial charge in [0.25, 0.3) is 0 Å². The Hall–Kier alpha value is -1.87. The first kappa shape index (κ1) is 14.5. The van der Waals surface area contributed by atoms with Crippen LogP contribution in [-0.2, 0) is 0 Å². The van der Waals surface area contributed by atoms with E-state index in [1.165, 1.54) is 0 Å². The van der Waals surface area contributed by atoms with E-state index in [4.69, 9.17) is 0 Å². The summed E-state index contributed by atoms with van der Waals surface area (Å²) in [7, 11) is 5.92. The van der Waals surface area contributed by atoms with Gasteiger partial charge in [-0.05, 0) is 54.9 Å². The summed E-state index contributed by atoms with van der Waals surface area (Å²) in [6.45, 7) is 1.91. The SMILES string of the molecule is CNC(c1cc(C)cc(F)c1)c1cccc(N(C)C)c1. The monoisotopic (exact) mass is 272 g/mol. The van der Waals surface area contributed by atoms with Crippen LogP contribution < -0.4 is 10.2 Å². The number of nitrogens with zero attached hydrogens (tertiary/aromatic N) is 1. The first-order chi connectivity index (χ1) is 9.51. The van der Waals surface area contributed by atoms with Gasteiger partial charge >= 0.3 is 0 Å². The van der Waals surface area contributed by atoms with Crippen molar-refractivity contribution in [1.29, 1.82) is 0 Å². The zero-order valence-electron chi connectivity index (χ0n) is 12.4. The standard InChI is InChI=1S/C17H21FN2/c1-12-8-14(10-15(18)9-12)17(19-2)13-6-5-7-16(11-13)20(3)4/h5-11,17,19H,1-4H3. The van der Waals surface area contributed by atoms with E-state index in [9.17, 15) is 4.39 Å². The topological polar surface area (TPSA) is 15.3 Å². The number of rotatable bonds is 4. The fraction of sp³-hybridized carbons (Fsp3) is 0.294. The third-order valence-electron chi connectivity index (χ3n) is 3.41. The molecule has 0 bridgehead atoms. The molecule has 0 aliphatic rings. The van der Waals surface area contributed by atoms with Crippen LogP contribution >= 0.6 is 0 Å². The van der Waals surface area contributed by atoms with E-state index in [0.29, 0.717) is 0 Å². The van der Waals surface area contributed by atoms with Gasteiger partial charge in [0.05, 0.1) is 6.04 Å². The highest BCUT2D eigenvalue weighted by Crippen LogP contribution is 2.26. The van der Waals surface area contributed by atoms with E-state index >= 15 is 0 Å². The molecule has 1 atom stereocenters. The Kier molecular flexibility index (Phi) is 4.40. The number of anilines is 1. The molecule has 2 aromatic rings. The molecular formula is C17H21FN2. The Labute approximate surface area is 120 Å². The maximum absolute atomic E-state index is 13.6. The first-order valence-corrected chi connectivity index (χ1v) is 6.73. The van der Waals surface area contributed by atoms with E-state index < -0.39 is 0 Å². The van der Waals surface area contributed by atoms with Crippen LogP contribution in [-0.4, -0.2) is 21.1 Å². The Bertz CT molecular complexity index is 573. The summed E-state index contributed by atoms with van der Waals surface area (Å²) in [4.78, 5) is 2.06. The Balaban J connectivity index is 2.43. The molecule has 0 spiro atoms. The summed E-state index contributed by atoms with van der Waals surface area (Å²) in [5, 5.41) is 3.27. The van der Waals surface area contributed by atoms with Crippen molar-refractivity contribution in [3.63, 3.8) is 0 Å². The van der Waals surface area contributed by atoms with Crippen molar-refractivity contribution in [3.8, 4) is 0 Å². The first-order valence-electron chi connectivity index (χ1n) is 6.73. The minimum atomic E-state index is -0.191. The molecule has 0 aliphatic carbocycles. The molecule has 0 amide bonds. The van der Waals surface area contributed by atoms with Crippen molar-refractivity contribution >= 4 is 5.69 Å². The van der Waals surface area contributed by atoms with Crippen LogP contribution in [0.1, 0.15) is 22.7 Å².